The lowest BCUT2D eigenvalue weighted by atomic mass is 10.0. The molecule has 2 heterocycles. The number of nitrogens with zero attached hydrogens (tertiary/aromatic N) is 2. The quantitative estimate of drug-likeness (QED) is 0.836. The van der Waals surface area contributed by atoms with Crippen LogP contribution >= 0.6 is 0 Å². The number of carbonyl (C=O) groups excluding carboxylic acids is 1. The molecular weight excluding hydrogens is 267 g/mol. The second kappa shape index (κ2) is 6.14. The Bertz CT molecular complexity index is 526. The Balaban J connectivity index is 1.73. The van der Waals surface area contributed by atoms with E-state index in [1.807, 2.05) is 11.8 Å². The number of carbonyl (C=O) groups is 1. The number of hydrogen-bond acceptors (Lipinski definition) is 2. The third-order valence-corrected chi connectivity index (χ3v) is 4.69. The summed E-state index contributed by atoms with van der Waals surface area (Å²) in [6.45, 7) is 5.67. The van der Waals surface area contributed by atoms with Crippen molar-refractivity contribution < 1.29 is 9.18 Å². The van der Waals surface area contributed by atoms with Crippen LogP contribution < -0.4 is 0 Å². The minimum Gasteiger partial charge on any atom is -0.337 e. The first-order chi connectivity index (χ1) is 10.1. The average Bonchev–Trinajstić information content (AvgIpc) is 3.03. The molecule has 2 aliphatic rings. The third-order valence-electron chi connectivity index (χ3n) is 4.69. The molecule has 114 valence electrons. The lowest BCUT2D eigenvalue weighted by Crippen LogP contribution is -2.49. The van der Waals surface area contributed by atoms with Crippen molar-refractivity contribution in [3.05, 3.63) is 35.1 Å². The molecule has 2 fully saturated rings. The summed E-state index contributed by atoms with van der Waals surface area (Å²) in [6.07, 6.45) is 4.69. The Hall–Kier alpha value is -1.42. The van der Waals surface area contributed by atoms with Gasteiger partial charge in [0.25, 0.3) is 5.91 Å². The van der Waals surface area contributed by atoms with Gasteiger partial charge in [0.15, 0.2) is 0 Å². The van der Waals surface area contributed by atoms with Crippen molar-refractivity contribution in [2.75, 3.05) is 26.2 Å². The lowest BCUT2D eigenvalue weighted by Gasteiger charge is -2.37. The van der Waals surface area contributed by atoms with E-state index in [2.05, 4.69) is 4.90 Å². The monoisotopic (exact) mass is 290 g/mol. The van der Waals surface area contributed by atoms with Gasteiger partial charge in [-0.15, -0.1) is 0 Å². The molecule has 0 saturated carbocycles. The molecule has 0 spiro atoms. The van der Waals surface area contributed by atoms with Gasteiger partial charge < -0.3 is 4.90 Å². The van der Waals surface area contributed by atoms with Crippen molar-refractivity contribution in [3.8, 4) is 0 Å². The molecule has 1 aromatic rings. The number of amides is 1. The molecule has 1 amide bonds. The highest BCUT2D eigenvalue weighted by Crippen LogP contribution is 2.22. The van der Waals surface area contributed by atoms with E-state index in [1.54, 1.807) is 12.1 Å². The van der Waals surface area contributed by atoms with Gasteiger partial charge in [-0.05, 0) is 57.8 Å². The van der Waals surface area contributed by atoms with Crippen LogP contribution in [-0.2, 0) is 0 Å². The van der Waals surface area contributed by atoms with E-state index < -0.39 is 5.82 Å². The van der Waals surface area contributed by atoms with Crippen molar-refractivity contribution in [2.24, 2.45) is 0 Å². The number of hydrogen-bond donors (Lipinski definition) is 0. The maximum absolute atomic E-state index is 13.9. The molecule has 0 radical (unpaired) electrons. The van der Waals surface area contributed by atoms with Gasteiger partial charge in [0.1, 0.15) is 5.82 Å². The second-order valence-electron chi connectivity index (χ2n) is 6.27. The Morgan fingerprint density at radius 1 is 1.19 bits per heavy atom. The molecule has 1 unspecified atom stereocenters. The van der Waals surface area contributed by atoms with Gasteiger partial charge >= 0.3 is 0 Å². The van der Waals surface area contributed by atoms with Crippen LogP contribution in [0.25, 0.3) is 0 Å². The number of benzene rings is 1. The third kappa shape index (κ3) is 3.10. The molecule has 3 rings (SSSR count). The number of rotatable bonds is 2. The van der Waals surface area contributed by atoms with E-state index in [4.69, 9.17) is 0 Å². The van der Waals surface area contributed by atoms with Gasteiger partial charge in [0, 0.05) is 19.1 Å². The van der Waals surface area contributed by atoms with E-state index in [0.717, 1.165) is 44.6 Å². The molecular formula is C17H23FN2O. The number of aryl methyl sites for hydroxylation is 1. The van der Waals surface area contributed by atoms with Crippen molar-refractivity contribution >= 4 is 5.91 Å². The number of likely N-dealkylation sites (tertiary alicyclic amines) is 2. The highest BCUT2D eigenvalue weighted by molar-refractivity contribution is 5.94. The SMILES string of the molecule is Cc1ccc(F)c(C(=O)N2CCCC(N3CCCC3)C2)c1. The minimum absolute atomic E-state index is 0.153. The molecule has 1 atom stereocenters. The van der Waals surface area contributed by atoms with Crippen LogP contribution in [0.2, 0.25) is 0 Å². The number of halogens is 1. The van der Waals surface area contributed by atoms with E-state index in [-0.39, 0.29) is 11.5 Å². The van der Waals surface area contributed by atoms with E-state index >= 15 is 0 Å². The largest absolute Gasteiger partial charge is 0.337 e. The van der Waals surface area contributed by atoms with Crippen LogP contribution in [0.4, 0.5) is 4.39 Å². The molecule has 2 aliphatic heterocycles. The predicted octanol–water partition coefficient (Wildman–Crippen LogP) is 2.83. The normalized spacial score (nSPS) is 23.5. The molecule has 0 aliphatic carbocycles. The maximum atomic E-state index is 13.9. The first-order valence-corrected chi connectivity index (χ1v) is 7.94. The summed E-state index contributed by atoms with van der Waals surface area (Å²) in [5, 5.41) is 0. The van der Waals surface area contributed by atoms with Crippen molar-refractivity contribution in [2.45, 2.75) is 38.6 Å². The fourth-order valence-electron chi connectivity index (χ4n) is 3.52. The van der Waals surface area contributed by atoms with Crippen LogP contribution in [0.3, 0.4) is 0 Å². The molecule has 0 bridgehead atoms. The van der Waals surface area contributed by atoms with Crippen LogP contribution in [-0.4, -0.2) is 47.9 Å². The zero-order valence-corrected chi connectivity index (χ0v) is 12.6. The van der Waals surface area contributed by atoms with Gasteiger partial charge in [0.05, 0.1) is 5.56 Å². The first-order valence-electron chi connectivity index (χ1n) is 7.94. The van der Waals surface area contributed by atoms with Gasteiger partial charge in [0.2, 0.25) is 0 Å². The fourth-order valence-corrected chi connectivity index (χ4v) is 3.52. The summed E-state index contributed by atoms with van der Waals surface area (Å²) in [7, 11) is 0. The van der Waals surface area contributed by atoms with Gasteiger partial charge in [-0.1, -0.05) is 11.6 Å². The van der Waals surface area contributed by atoms with E-state index in [9.17, 15) is 9.18 Å². The minimum atomic E-state index is -0.408. The lowest BCUT2D eigenvalue weighted by molar-refractivity contribution is 0.0603. The predicted molar refractivity (Wildman–Crippen MR) is 80.9 cm³/mol. The summed E-state index contributed by atoms with van der Waals surface area (Å²) in [5.74, 6) is -0.561. The fraction of sp³-hybridized carbons (Fsp3) is 0.588. The molecule has 1 aromatic carbocycles. The standard InChI is InChI=1S/C17H23FN2O/c1-13-6-7-16(18)15(11-13)17(21)20-10-4-5-14(12-20)19-8-2-3-9-19/h6-7,11,14H,2-5,8-10,12H2,1H3. The van der Waals surface area contributed by atoms with Crippen molar-refractivity contribution in [1.82, 2.24) is 9.80 Å². The zero-order chi connectivity index (χ0) is 14.8. The highest BCUT2D eigenvalue weighted by atomic mass is 19.1. The first kappa shape index (κ1) is 14.5. The van der Waals surface area contributed by atoms with Crippen molar-refractivity contribution in [3.63, 3.8) is 0 Å². The number of piperidine rings is 1. The summed E-state index contributed by atoms with van der Waals surface area (Å²) >= 11 is 0. The van der Waals surface area contributed by atoms with Crippen LogP contribution in [0.5, 0.6) is 0 Å². The Kier molecular flexibility index (Phi) is 4.24. The summed E-state index contributed by atoms with van der Waals surface area (Å²) < 4.78 is 13.9. The smallest absolute Gasteiger partial charge is 0.256 e. The van der Waals surface area contributed by atoms with Crippen LogP contribution in [0, 0.1) is 12.7 Å². The highest BCUT2D eigenvalue weighted by Gasteiger charge is 2.30. The maximum Gasteiger partial charge on any atom is 0.256 e. The van der Waals surface area contributed by atoms with Crippen molar-refractivity contribution in [1.29, 1.82) is 0 Å². The molecule has 2 saturated heterocycles. The van der Waals surface area contributed by atoms with E-state index in [1.165, 1.54) is 18.9 Å². The van der Waals surface area contributed by atoms with Crippen LogP contribution in [0.15, 0.2) is 18.2 Å². The molecule has 4 heteroatoms. The Morgan fingerprint density at radius 3 is 2.71 bits per heavy atom. The zero-order valence-electron chi connectivity index (χ0n) is 12.6. The molecule has 0 N–H and O–H groups in total. The van der Waals surface area contributed by atoms with Gasteiger partial charge in [-0.3, -0.25) is 9.69 Å². The Morgan fingerprint density at radius 2 is 1.95 bits per heavy atom. The summed E-state index contributed by atoms with van der Waals surface area (Å²) in [6, 6.07) is 5.22. The summed E-state index contributed by atoms with van der Waals surface area (Å²) in [5.41, 5.74) is 1.14. The summed E-state index contributed by atoms with van der Waals surface area (Å²) in [4.78, 5) is 16.9. The van der Waals surface area contributed by atoms with E-state index in [0.29, 0.717) is 6.04 Å². The Labute approximate surface area is 125 Å². The molecule has 21 heavy (non-hydrogen) atoms. The second-order valence-corrected chi connectivity index (χ2v) is 6.27. The molecule has 3 nitrogen and oxygen atoms in total. The molecule has 0 aromatic heterocycles. The van der Waals surface area contributed by atoms with Gasteiger partial charge in [-0.2, -0.15) is 0 Å². The average molecular weight is 290 g/mol. The topological polar surface area (TPSA) is 23.6 Å². The van der Waals surface area contributed by atoms with Crippen LogP contribution in [0.1, 0.15) is 41.6 Å². The van der Waals surface area contributed by atoms with Gasteiger partial charge in [-0.25, -0.2) is 4.39 Å².